The number of para-hydroxylation sites is 1. The molecule has 0 amide bonds. The van der Waals surface area contributed by atoms with E-state index in [1.165, 1.54) is 18.5 Å². The molecule has 1 heterocycles. The molecule has 1 N–H and O–H groups in total. The van der Waals surface area contributed by atoms with Crippen LogP contribution in [0.15, 0.2) is 30.3 Å². The van der Waals surface area contributed by atoms with Crippen molar-refractivity contribution in [2.24, 2.45) is 5.41 Å². The topological polar surface area (TPSA) is 26.7 Å². The zero-order valence-corrected chi connectivity index (χ0v) is 10.9. The summed E-state index contributed by atoms with van der Waals surface area (Å²) in [5.74, 6) is 0. The van der Waals surface area contributed by atoms with Crippen LogP contribution in [0.4, 0.5) is 5.69 Å². The quantitative estimate of drug-likeness (QED) is 0.874. The molecule has 3 heteroatoms. The molecule has 0 bridgehead atoms. The molecule has 1 aromatic rings. The summed E-state index contributed by atoms with van der Waals surface area (Å²) in [5, 5.41) is 9.38. The predicted octanol–water partition coefficient (Wildman–Crippen LogP) is 1.58. The number of anilines is 1. The summed E-state index contributed by atoms with van der Waals surface area (Å²) in [6.45, 7) is 5.91. The summed E-state index contributed by atoms with van der Waals surface area (Å²) in [6, 6.07) is 10.6. The van der Waals surface area contributed by atoms with E-state index in [1.807, 2.05) is 0 Å². The van der Waals surface area contributed by atoms with E-state index in [2.05, 4.69) is 40.1 Å². The van der Waals surface area contributed by atoms with Crippen molar-refractivity contribution in [3.8, 4) is 0 Å². The molecule has 2 aliphatic rings. The fourth-order valence-electron chi connectivity index (χ4n) is 2.82. The Hall–Kier alpha value is -1.06. The number of hydrogen-bond donors (Lipinski definition) is 1. The van der Waals surface area contributed by atoms with Gasteiger partial charge in [0.25, 0.3) is 0 Å². The maximum absolute atomic E-state index is 9.38. The summed E-state index contributed by atoms with van der Waals surface area (Å²) in [5.41, 5.74) is 1.59. The van der Waals surface area contributed by atoms with Crippen molar-refractivity contribution < 1.29 is 5.11 Å². The molecule has 1 aliphatic heterocycles. The summed E-state index contributed by atoms with van der Waals surface area (Å²) in [7, 11) is 0. The number of rotatable bonds is 4. The second-order valence-electron chi connectivity index (χ2n) is 5.76. The largest absolute Gasteiger partial charge is 0.396 e. The monoisotopic (exact) mass is 246 g/mol. The standard InChI is InChI=1S/C15H22N2O/c18-13-15(6-7-15)12-16-8-10-17(11-9-16)14-4-2-1-3-5-14/h1-5,18H,6-13H2. The average Bonchev–Trinajstić information content (AvgIpc) is 3.21. The Morgan fingerprint density at radius 1 is 1.00 bits per heavy atom. The molecule has 3 nitrogen and oxygen atoms in total. The first kappa shape index (κ1) is 12.0. The lowest BCUT2D eigenvalue weighted by Crippen LogP contribution is -2.48. The van der Waals surface area contributed by atoms with Crippen molar-refractivity contribution in [3.05, 3.63) is 30.3 Å². The summed E-state index contributed by atoms with van der Waals surface area (Å²) in [4.78, 5) is 4.97. The van der Waals surface area contributed by atoms with Crippen LogP contribution in [0.5, 0.6) is 0 Å². The molecular weight excluding hydrogens is 224 g/mol. The van der Waals surface area contributed by atoms with Crippen LogP contribution >= 0.6 is 0 Å². The van der Waals surface area contributed by atoms with Gasteiger partial charge in [0.2, 0.25) is 0 Å². The van der Waals surface area contributed by atoms with E-state index in [1.54, 1.807) is 0 Å². The minimum Gasteiger partial charge on any atom is -0.396 e. The molecule has 1 saturated heterocycles. The van der Waals surface area contributed by atoms with Crippen molar-refractivity contribution in [2.75, 3.05) is 44.2 Å². The third kappa shape index (κ3) is 2.52. The molecule has 2 fully saturated rings. The van der Waals surface area contributed by atoms with Gasteiger partial charge in [-0.1, -0.05) is 18.2 Å². The minimum absolute atomic E-state index is 0.259. The van der Waals surface area contributed by atoms with E-state index in [4.69, 9.17) is 0 Å². The van der Waals surface area contributed by atoms with Gasteiger partial charge in [-0.3, -0.25) is 4.90 Å². The SMILES string of the molecule is OCC1(CN2CCN(c3ccccc3)CC2)CC1. The van der Waals surface area contributed by atoms with Crippen LogP contribution in [0.2, 0.25) is 0 Å². The first-order valence-electron chi connectivity index (χ1n) is 6.95. The number of aliphatic hydroxyl groups excluding tert-OH is 1. The van der Waals surface area contributed by atoms with Gasteiger partial charge >= 0.3 is 0 Å². The van der Waals surface area contributed by atoms with Crippen molar-refractivity contribution in [1.29, 1.82) is 0 Å². The van der Waals surface area contributed by atoms with E-state index in [0.717, 1.165) is 32.7 Å². The highest BCUT2D eigenvalue weighted by Gasteiger charge is 2.43. The van der Waals surface area contributed by atoms with E-state index in [0.29, 0.717) is 6.61 Å². The molecule has 18 heavy (non-hydrogen) atoms. The molecule has 1 aliphatic carbocycles. The summed E-state index contributed by atoms with van der Waals surface area (Å²) < 4.78 is 0. The Labute approximate surface area is 109 Å². The fourth-order valence-corrected chi connectivity index (χ4v) is 2.82. The van der Waals surface area contributed by atoms with Crippen molar-refractivity contribution in [1.82, 2.24) is 4.90 Å². The zero-order valence-electron chi connectivity index (χ0n) is 10.9. The molecule has 1 saturated carbocycles. The average molecular weight is 246 g/mol. The van der Waals surface area contributed by atoms with Gasteiger partial charge < -0.3 is 10.0 Å². The molecule has 3 rings (SSSR count). The van der Waals surface area contributed by atoms with Crippen molar-refractivity contribution in [3.63, 3.8) is 0 Å². The minimum atomic E-state index is 0.259. The first-order chi connectivity index (χ1) is 8.81. The van der Waals surface area contributed by atoms with Gasteiger partial charge in [0.05, 0.1) is 0 Å². The van der Waals surface area contributed by atoms with Crippen LogP contribution in [0.25, 0.3) is 0 Å². The highest BCUT2D eigenvalue weighted by Crippen LogP contribution is 2.45. The molecule has 98 valence electrons. The van der Waals surface area contributed by atoms with Gasteiger partial charge in [-0.05, 0) is 25.0 Å². The lowest BCUT2D eigenvalue weighted by Gasteiger charge is -2.37. The van der Waals surface area contributed by atoms with Gasteiger partial charge in [0.1, 0.15) is 0 Å². The zero-order chi connectivity index (χ0) is 12.4. The molecule has 0 unspecified atom stereocenters. The molecule has 1 aromatic carbocycles. The molecular formula is C15H22N2O. The normalized spacial score (nSPS) is 23.1. The smallest absolute Gasteiger partial charge is 0.0499 e. The lowest BCUT2D eigenvalue weighted by atomic mass is 10.1. The molecule has 0 aromatic heterocycles. The van der Waals surface area contributed by atoms with Gasteiger partial charge in [0, 0.05) is 50.4 Å². The highest BCUT2D eigenvalue weighted by molar-refractivity contribution is 5.46. The predicted molar refractivity (Wildman–Crippen MR) is 73.8 cm³/mol. The number of hydrogen-bond acceptors (Lipinski definition) is 3. The summed E-state index contributed by atoms with van der Waals surface area (Å²) >= 11 is 0. The van der Waals surface area contributed by atoms with Crippen LogP contribution in [0, 0.1) is 5.41 Å². The fraction of sp³-hybridized carbons (Fsp3) is 0.600. The maximum Gasteiger partial charge on any atom is 0.0499 e. The lowest BCUT2D eigenvalue weighted by molar-refractivity contribution is 0.144. The van der Waals surface area contributed by atoms with E-state index in [9.17, 15) is 5.11 Å². The van der Waals surface area contributed by atoms with Gasteiger partial charge in [-0.15, -0.1) is 0 Å². The molecule has 0 radical (unpaired) electrons. The number of benzene rings is 1. The van der Waals surface area contributed by atoms with Crippen LogP contribution in [0.1, 0.15) is 12.8 Å². The highest BCUT2D eigenvalue weighted by atomic mass is 16.3. The first-order valence-corrected chi connectivity index (χ1v) is 6.95. The molecule has 0 spiro atoms. The third-order valence-electron chi connectivity index (χ3n) is 4.35. The Bertz CT molecular complexity index is 381. The third-order valence-corrected chi connectivity index (χ3v) is 4.35. The van der Waals surface area contributed by atoms with E-state index < -0.39 is 0 Å². The van der Waals surface area contributed by atoms with Gasteiger partial charge in [0.15, 0.2) is 0 Å². The summed E-state index contributed by atoms with van der Waals surface area (Å²) in [6.07, 6.45) is 2.42. The maximum atomic E-state index is 9.38. The van der Waals surface area contributed by atoms with E-state index >= 15 is 0 Å². The van der Waals surface area contributed by atoms with Crippen molar-refractivity contribution in [2.45, 2.75) is 12.8 Å². The van der Waals surface area contributed by atoms with Crippen molar-refractivity contribution >= 4 is 5.69 Å². The van der Waals surface area contributed by atoms with Crippen LogP contribution in [-0.4, -0.2) is 49.3 Å². The number of nitrogens with zero attached hydrogens (tertiary/aromatic N) is 2. The van der Waals surface area contributed by atoms with Crippen LogP contribution in [0.3, 0.4) is 0 Å². The second kappa shape index (κ2) is 4.90. The molecule has 0 atom stereocenters. The Balaban J connectivity index is 1.52. The van der Waals surface area contributed by atoms with Gasteiger partial charge in [-0.25, -0.2) is 0 Å². The Morgan fingerprint density at radius 2 is 1.67 bits per heavy atom. The van der Waals surface area contributed by atoms with Crippen LogP contribution in [-0.2, 0) is 0 Å². The van der Waals surface area contributed by atoms with E-state index in [-0.39, 0.29) is 5.41 Å². The number of aliphatic hydroxyl groups is 1. The van der Waals surface area contributed by atoms with Gasteiger partial charge in [-0.2, -0.15) is 0 Å². The Morgan fingerprint density at radius 3 is 2.22 bits per heavy atom. The Kier molecular flexibility index (Phi) is 3.27. The second-order valence-corrected chi connectivity index (χ2v) is 5.76. The number of piperazine rings is 1. The van der Waals surface area contributed by atoms with Crippen LogP contribution < -0.4 is 4.90 Å².